The first kappa shape index (κ1) is 16.4. The Bertz CT molecular complexity index is 653. The molecular formula is C15H21BrN4O3. The minimum Gasteiger partial charge on any atom is -0.480 e. The van der Waals surface area contributed by atoms with E-state index in [2.05, 4.69) is 31.2 Å². The normalized spacial score (nSPS) is 23.6. The van der Waals surface area contributed by atoms with Gasteiger partial charge in [0.25, 0.3) is 5.56 Å². The lowest BCUT2D eigenvalue weighted by molar-refractivity contribution is -0.139. The van der Waals surface area contributed by atoms with Crippen molar-refractivity contribution in [2.45, 2.75) is 37.8 Å². The number of carboxylic acid groups (broad SMARTS) is 1. The fourth-order valence-electron chi connectivity index (χ4n) is 2.98. The molecule has 0 atom stereocenters. The zero-order valence-electron chi connectivity index (χ0n) is 13.0. The zero-order valence-corrected chi connectivity index (χ0v) is 14.6. The van der Waals surface area contributed by atoms with Crippen molar-refractivity contribution in [1.29, 1.82) is 0 Å². The minimum atomic E-state index is -0.763. The average molecular weight is 385 g/mol. The fraction of sp³-hybridized carbons (Fsp3) is 0.667. The minimum absolute atomic E-state index is 0.116. The van der Waals surface area contributed by atoms with Crippen molar-refractivity contribution in [2.24, 2.45) is 13.0 Å². The molecule has 0 aliphatic heterocycles. The Morgan fingerprint density at radius 1 is 1.52 bits per heavy atom. The molecule has 2 aliphatic carbocycles. The van der Waals surface area contributed by atoms with Crippen molar-refractivity contribution in [3.8, 4) is 0 Å². The Morgan fingerprint density at radius 2 is 2.22 bits per heavy atom. The molecule has 126 valence electrons. The Kier molecular flexibility index (Phi) is 4.72. The second-order valence-corrected chi connectivity index (χ2v) is 7.33. The third-order valence-electron chi connectivity index (χ3n) is 4.60. The lowest BCUT2D eigenvalue weighted by atomic mass is 9.85. The molecule has 0 aromatic carbocycles. The van der Waals surface area contributed by atoms with Gasteiger partial charge in [-0.15, -0.1) is 0 Å². The van der Waals surface area contributed by atoms with Gasteiger partial charge in [0.15, 0.2) is 0 Å². The number of rotatable bonds is 7. The van der Waals surface area contributed by atoms with Gasteiger partial charge in [-0.25, -0.2) is 4.68 Å². The van der Waals surface area contributed by atoms with Crippen LogP contribution in [0.3, 0.4) is 0 Å². The summed E-state index contributed by atoms with van der Waals surface area (Å²) >= 11 is 3.31. The third-order valence-corrected chi connectivity index (χ3v) is 5.36. The lowest BCUT2D eigenvalue weighted by Crippen LogP contribution is -2.52. The van der Waals surface area contributed by atoms with E-state index in [0.717, 1.165) is 19.4 Å². The summed E-state index contributed by atoms with van der Waals surface area (Å²) < 4.78 is 1.77. The van der Waals surface area contributed by atoms with E-state index in [4.69, 9.17) is 5.11 Å². The summed E-state index contributed by atoms with van der Waals surface area (Å²) in [5.74, 6) is -0.0857. The summed E-state index contributed by atoms with van der Waals surface area (Å²) in [4.78, 5) is 25.0. The smallest absolute Gasteiger partial charge is 0.317 e. The molecule has 23 heavy (non-hydrogen) atoms. The number of carboxylic acids is 1. The van der Waals surface area contributed by atoms with Gasteiger partial charge < -0.3 is 10.4 Å². The van der Waals surface area contributed by atoms with Gasteiger partial charge in [-0.3, -0.25) is 14.5 Å². The van der Waals surface area contributed by atoms with Crippen LogP contribution in [0.2, 0.25) is 0 Å². The van der Waals surface area contributed by atoms with Crippen molar-refractivity contribution in [2.75, 3.05) is 18.4 Å². The number of nitrogens with zero attached hydrogens (tertiary/aromatic N) is 3. The molecule has 3 rings (SSSR count). The number of anilines is 1. The number of aromatic nitrogens is 2. The van der Waals surface area contributed by atoms with Crippen LogP contribution in [0.25, 0.3) is 0 Å². The first-order valence-corrected chi connectivity index (χ1v) is 8.67. The SMILES string of the molecule is Cn1ncc(NC2CC(N(CC(=O)O)CC3CC3)C2)c(Br)c1=O. The number of aryl methyl sites for hydroxylation is 1. The monoisotopic (exact) mass is 384 g/mol. The van der Waals surface area contributed by atoms with Crippen molar-refractivity contribution >= 4 is 27.6 Å². The fourth-order valence-corrected chi connectivity index (χ4v) is 3.46. The van der Waals surface area contributed by atoms with E-state index >= 15 is 0 Å². The quantitative estimate of drug-likeness (QED) is 0.736. The molecule has 2 saturated carbocycles. The molecule has 2 N–H and O–H groups in total. The van der Waals surface area contributed by atoms with Gasteiger partial charge in [-0.1, -0.05) is 0 Å². The van der Waals surface area contributed by atoms with E-state index in [1.807, 2.05) is 0 Å². The van der Waals surface area contributed by atoms with Gasteiger partial charge in [0.05, 0.1) is 18.4 Å². The van der Waals surface area contributed by atoms with Crippen LogP contribution in [-0.2, 0) is 11.8 Å². The van der Waals surface area contributed by atoms with Crippen LogP contribution in [0.4, 0.5) is 5.69 Å². The second-order valence-electron chi connectivity index (χ2n) is 6.53. The number of hydrogen-bond acceptors (Lipinski definition) is 5. The molecule has 8 heteroatoms. The molecule has 0 bridgehead atoms. The predicted octanol–water partition coefficient (Wildman–Crippen LogP) is 1.28. The van der Waals surface area contributed by atoms with E-state index < -0.39 is 5.97 Å². The summed E-state index contributed by atoms with van der Waals surface area (Å²) in [5, 5.41) is 16.4. The molecule has 1 aromatic rings. The van der Waals surface area contributed by atoms with Crippen molar-refractivity contribution in [1.82, 2.24) is 14.7 Å². The summed E-state index contributed by atoms with van der Waals surface area (Å²) in [6.07, 6.45) is 5.86. The average Bonchev–Trinajstić information content (AvgIpc) is 3.25. The van der Waals surface area contributed by atoms with Crippen LogP contribution in [-0.4, -0.2) is 50.9 Å². The van der Waals surface area contributed by atoms with Crippen molar-refractivity contribution < 1.29 is 9.90 Å². The molecule has 0 saturated heterocycles. The highest BCUT2D eigenvalue weighted by Crippen LogP contribution is 2.35. The van der Waals surface area contributed by atoms with Crippen LogP contribution in [0.5, 0.6) is 0 Å². The highest BCUT2D eigenvalue weighted by Gasteiger charge is 2.37. The van der Waals surface area contributed by atoms with Gasteiger partial charge in [0.1, 0.15) is 4.47 Å². The standard InChI is InChI=1S/C15H21BrN4O3/c1-19-15(23)14(16)12(6-17-19)18-10-4-11(5-10)20(8-13(21)22)7-9-2-3-9/h6,9-11,18H,2-5,7-8H2,1H3,(H,21,22). The number of aliphatic carboxylic acids is 1. The Hall–Kier alpha value is -1.41. The van der Waals surface area contributed by atoms with Gasteiger partial charge in [0, 0.05) is 25.7 Å². The van der Waals surface area contributed by atoms with Gasteiger partial charge in [-0.05, 0) is 47.5 Å². The van der Waals surface area contributed by atoms with Gasteiger partial charge in [-0.2, -0.15) is 5.10 Å². The first-order chi connectivity index (χ1) is 10.9. The molecule has 1 heterocycles. The third kappa shape index (κ3) is 3.92. The lowest BCUT2D eigenvalue weighted by Gasteiger charge is -2.43. The topological polar surface area (TPSA) is 87.5 Å². The number of hydrogen-bond donors (Lipinski definition) is 2. The molecule has 2 aliphatic rings. The maximum absolute atomic E-state index is 11.8. The molecule has 1 aromatic heterocycles. The van der Waals surface area contributed by atoms with Crippen LogP contribution in [0.15, 0.2) is 15.5 Å². The van der Waals surface area contributed by atoms with E-state index in [0.29, 0.717) is 22.1 Å². The maximum atomic E-state index is 11.8. The number of nitrogens with one attached hydrogen (secondary N) is 1. The van der Waals surface area contributed by atoms with E-state index in [-0.39, 0.29) is 18.1 Å². The van der Waals surface area contributed by atoms with Crippen molar-refractivity contribution in [3.05, 3.63) is 21.0 Å². The van der Waals surface area contributed by atoms with Crippen LogP contribution >= 0.6 is 15.9 Å². The zero-order chi connectivity index (χ0) is 16.6. The molecule has 0 amide bonds. The van der Waals surface area contributed by atoms with E-state index in [9.17, 15) is 9.59 Å². The highest BCUT2D eigenvalue weighted by molar-refractivity contribution is 9.10. The van der Waals surface area contributed by atoms with Gasteiger partial charge >= 0.3 is 5.97 Å². The molecule has 0 radical (unpaired) electrons. The summed E-state index contributed by atoms with van der Waals surface area (Å²) in [5.41, 5.74) is 0.524. The molecule has 7 nitrogen and oxygen atoms in total. The van der Waals surface area contributed by atoms with Gasteiger partial charge in [0.2, 0.25) is 0 Å². The van der Waals surface area contributed by atoms with E-state index in [1.54, 1.807) is 13.2 Å². The molecule has 0 spiro atoms. The summed E-state index contributed by atoms with van der Waals surface area (Å²) in [7, 11) is 1.61. The van der Waals surface area contributed by atoms with Crippen LogP contribution < -0.4 is 10.9 Å². The molecular weight excluding hydrogens is 364 g/mol. The summed E-state index contributed by atoms with van der Waals surface area (Å²) in [6.45, 7) is 1.01. The van der Waals surface area contributed by atoms with E-state index in [1.165, 1.54) is 17.5 Å². The Morgan fingerprint density at radius 3 is 2.83 bits per heavy atom. The second kappa shape index (κ2) is 6.60. The number of halogens is 1. The first-order valence-electron chi connectivity index (χ1n) is 7.88. The van der Waals surface area contributed by atoms with Crippen LogP contribution in [0, 0.1) is 5.92 Å². The Balaban J connectivity index is 1.56. The molecule has 2 fully saturated rings. The Labute approximate surface area is 142 Å². The predicted molar refractivity (Wildman–Crippen MR) is 89.5 cm³/mol. The largest absolute Gasteiger partial charge is 0.480 e. The highest BCUT2D eigenvalue weighted by atomic mass is 79.9. The van der Waals surface area contributed by atoms with Crippen LogP contribution in [0.1, 0.15) is 25.7 Å². The maximum Gasteiger partial charge on any atom is 0.317 e. The number of carbonyl (C=O) groups is 1. The van der Waals surface area contributed by atoms with Crippen molar-refractivity contribution in [3.63, 3.8) is 0 Å². The summed E-state index contributed by atoms with van der Waals surface area (Å²) in [6, 6.07) is 0.559. The molecule has 0 unspecified atom stereocenters.